The molecule has 0 spiro atoms. The number of halogens is 3. The van der Waals surface area contributed by atoms with Crippen LogP contribution in [0.25, 0.3) is 0 Å². The first-order valence-electron chi connectivity index (χ1n) is 9.44. The number of hydrogen-bond acceptors (Lipinski definition) is 4. The third-order valence-corrected chi connectivity index (χ3v) is 5.22. The molecule has 6 nitrogen and oxygen atoms in total. The van der Waals surface area contributed by atoms with Crippen LogP contribution in [0, 0.1) is 0 Å². The van der Waals surface area contributed by atoms with Gasteiger partial charge in [0.1, 0.15) is 18.8 Å². The van der Waals surface area contributed by atoms with Gasteiger partial charge < -0.3 is 10.1 Å². The number of nitrogens with zero attached hydrogens (tertiary/aromatic N) is 1. The van der Waals surface area contributed by atoms with Crippen molar-refractivity contribution in [3.05, 3.63) is 92.4 Å². The summed E-state index contributed by atoms with van der Waals surface area (Å²) in [5, 5.41) is 7.63. The van der Waals surface area contributed by atoms with Crippen molar-refractivity contribution in [2.24, 2.45) is 5.10 Å². The second-order valence-corrected chi connectivity index (χ2v) is 8.35. The van der Waals surface area contributed by atoms with E-state index in [0.717, 1.165) is 10.0 Å². The first kappa shape index (κ1) is 23.8. The Morgan fingerprint density at radius 1 is 1.00 bits per heavy atom. The number of para-hydroxylation sites is 1. The first-order valence-corrected chi connectivity index (χ1v) is 11.0. The van der Waals surface area contributed by atoms with Crippen LogP contribution in [0.2, 0.25) is 10.0 Å². The number of carbonyl (C=O) groups excluding carboxylic acids is 2. The van der Waals surface area contributed by atoms with E-state index in [1.54, 1.807) is 54.6 Å². The van der Waals surface area contributed by atoms with Crippen molar-refractivity contribution in [2.75, 3.05) is 5.32 Å². The number of hydrogen-bond donors (Lipinski definition) is 2. The standard InChI is InChI=1S/C23H18BrCl2N3O3/c24-17-7-9-21(32-14-15-6-8-18(25)11-20(15)26)16(10-17)13-27-29-23(31)12-22(30)28-19-4-2-1-3-5-19/h1-11,13H,12,14H2,(H,28,30)(H,29,31). The lowest BCUT2D eigenvalue weighted by Gasteiger charge is -2.11. The summed E-state index contributed by atoms with van der Waals surface area (Å²) in [5.41, 5.74) is 4.36. The average molecular weight is 535 g/mol. The molecule has 0 saturated carbocycles. The normalized spacial score (nSPS) is 10.7. The molecule has 0 heterocycles. The zero-order valence-electron chi connectivity index (χ0n) is 16.6. The minimum absolute atomic E-state index is 0.227. The van der Waals surface area contributed by atoms with Crippen LogP contribution in [0.3, 0.4) is 0 Å². The smallest absolute Gasteiger partial charge is 0.249 e. The van der Waals surface area contributed by atoms with E-state index in [9.17, 15) is 9.59 Å². The highest BCUT2D eigenvalue weighted by molar-refractivity contribution is 9.10. The molecule has 3 rings (SSSR count). The number of benzene rings is 3. The SMILES string of the molecule is O=C(CC(=O)Nc1ccccc1)NN=Cc1cc(Br)ccc1OCc1ccc(Cl)cc1Cl. The number of nitrogens with one attached hydrogen (secondary N) is 2. The Labute approximate surface area is 203 Å². The average Bonchev–Trinajstić information content (AvgIpc) is 2.75. The number of rotatable bonds is 8. The minimum atomic E-state index is -0.542. The van der Waals surface area contributed by atoms with Gasteiger partial charge in [-0.3, -0.25) is 9.59 Å². The van der Waals surface area contributed by atoms with E-state index in [2.05, 4.69) is 31.8 Å². The Bertz CT molecular complexity index is 1140. The molecule has 0 unspecified atom stereocenters. The van der Waals surface area contributed by atoms with Crippen LogP contribution in [-0.4, -0.2) is 18.0 Å². The maximum Gasteiger partial charge on any atom is 0.249 e. The maximum atomic E-state index is 12.0. The van der Waals surface area contributed by atoms with Crippen molar-refractivity contribution in [1.82, 2.24) is 5.43 Å². The number of anilines is 1. The molecule has 0 aromatic heterocycles. The molecule has 3 aromatic carbocycles. The summed E-state index contributed by atoms with van der Waals surface area (Å²) < 4.78 is 6.68. The first-order chi connectivity index (χ1) is 15.4. The molecule has 0 atom stereocenters. The van der Waals surface area contributed by atoms with Crippen LogP contribution in [0.15, 0.2) is 76.3 Å². The molecule has 2 N–H and O–H groups in total. The van der Waals surface area contributed by atoms with E-state index < -0.39 is 11.8 Å². The summed E-state index contributed by atoms with van der Waals surface area (Å²) in [7, 11) is 0. The lowest BCUT2D eigenvalue weighted by atomic mass is 10.2. The molecule has 0 aliphatic rings. The summed E-state index contributed by atoms with van der Waals surface area (Å²) in [6.07, 6.45) is 1.08. The topological polar surface area (TPSA) is 79.8 Å². The van der Waals surface area contributed by atoms with Crippen molar-refractivity contribution in [1.29, 1.82) is 0 Å². The van der Waals surface area contributed by atoms with Gasteiger partial charge in [0, 0.05) is 31.3 Å². The van der Waals surface area contributed by atoms with Crippen molar-refractivity contribution >= 4 is 62.8 Å². The lowest BCUT2D eigenvalue weighted by molar-refractivity contribution is -0.126. The predicted molar refractivity (Wildman–Crippen MR) is 130 cm³/mol. The second kappa shape index (κ2) is 11.7. The predicted octanol–water partition coefficient (Wildman–Crippen LogP) is 5.81. The van der Waals surface area contributed by atoms with E-state index in [4.69, 9.17) is 27.9 Å². The molecular weight excluding hydrogens is 517 g/mol. The Morgan fingerprint density at radius 3 is 2.53 bits per heavy atom. The number of amides is 2. The summed E-state index contributed by atoms with van der Waals surface area (Å²) in [4.78, 5) is 24.0. The van der Waals surface area contributed by atoms with Crippen LogP contribution in [-0.2, 0) is 16.2 Å². The van der Waals surface area contributed by atoms with Gasteiger partial charge in [0.15, 0.2) is 0 Å². The van der Waals surface area contributed by atoms with Gasteiger partial charge in [0.05, 0.1) is 6.21 Å². The quantitative estimate of drug-likeness (QED) is 0.217. The van der Waals surface area contributed by atoms with E-state index >= 15 is 0 Å². The zero-order valence-corrected chi connectivity index (χ0v) is 19.7. The van der Waals surface area contributed by atoms with Crippen molar-refractivity contribution in [2.45, 2.75) is 13.0 Å². The molecule has 0 saturated heterocycles. The van der Waals surface area contributed by atoms with Gasteiger partial charge in [-0.1, -0.05) is 63.4 Å². The molecule has 9 heteroatoms. The Balaban J connectivity index is 1.58. The zero-order chi connectivity index (χ0) is 22.9. The molecule has 164 valence electrons. The van der Waals surface area contributed by atoms with Crippen LogP contribution in [0.1, 0.15) is 17.5 Å². The molecule has 0 fully saturated rings. The second-order valence-electron chi connectivity index (χ2n) is 6.59. The largest absolute Gasteiger partial charge is 0.488 e. The molecule has 2 amide bonds. The molecule has 0 aliphatic carbocycles. The fraction of sp³-hybridized carbons (Fsp3) is 0.0870. The monoisotopic (exact) mass is 533 g/mol. The van der Waals surface area contributed by atoms with Crippen LogP contribution in [0.5, 0.6) is 5.75 Å². The van der Waals surface area contributed by atoms with Gasteiger partial charge in [0.25, 0.3) is 0 Å². The van der Waals surface area contributed by atoms with Crippen LogP contribution in [0.4, 0.5) is 5.69 Å². The van der Waals surface area contributed by atoms with Gasteiger partial charge in [-0.25, -0.2) is 5.43 Å². The molecule has 0 radical (unpaired) electrons. The fourth-order valence-corrected chi connectivity index (χ4v) is 3.47. The van der Waals surface area contributed by atoms with Gasteiger partial charge in [-0.2, -0.15) is 5.10 Å². The molecule has 32 heavy (non-hydrogen) atoms. The molecule has 3 aromatic rings. The molecule has 0 aliphatic heterocycles. The molecule has 0 bridgehead atoms. The van der Waals surface area contributed by atoms with E-state index in [-0.39, 0.29) is 13.0 Å². The minimum Gasteiger partial charge on any atom is -0.488 e. The highest BCUT2D eigenvalue weighted by Gasteiger charge is 2.10. The van der Waals surface area contributed by atoms with E-state index in [1.165, 1.54) is 6.21 Å². The highest BCUT2D eigenvalue weighted by Crippen LogP contribution is 2.25. The summed E-state index contributed by atoms with van der Waals surface area (Å²) in [6.45, 7) is 0.227. The van der Waals surface area contributed by atoms with Crippen LogP contribution < -0.4 is 15.5 Å². The Morgan fingerprint density at radius 2 is 1.78 bits per heavy atom. The number of hydrazone groups is 1. The van der Waals surface area contributed by atoms with Crippen molar-refractivity contribution in [3.63, 3.8) is 0 Å². The van der Waals surface area contributed by atoms with Gasteiger partial charge in [0.2, 0.25) is 11.8 Å². The third-order valence-electron chi connectivity index (χ3n) is 4.14. The highest BCUT2D eigenvalue weighted by atomic mass is 79.9. The van der Waals surface area contributed by atoms with E-state index in [0.29, 0.717) is 27.0 Å². The molecular formula is C23H18BrCl2N3O3. The Hall–Kier alpha value is -2.87. The van der Waals surface area contributed by atoms with Gasteiger partial charge in [-0.15, -0.1) is 0 Å². The third kappa shape index (κ3) is 7.37. The summed E-state index contributed by atoms with van der Waals surface area (Å²) >= 11 is 15.5. The summed E-state index contributed by atoms with van der Waals surface area (Å²) in [6, 6.07) is 19.4. The van der Waals surface area contributed by atoms with E-state index in [1.807, 2.05) is 12.1 Å². The van der Waals surface area contributed by atoms with Gasteiger partial charge >= 0.3 is 0 Å². The Kier molecular flexibility index (Phi) is 8.67. The van der Waals surface area contributed by atoms with Crippen molar-refractivity contribution in [3.8, 4) is 5.75 Å². The maximum absolute atomic E-state index is 12.0. The fourth-order valence-electron chi connectivity index (χ4n) is 2.63. The number of ether oxygens (including phenoxy) is 1. The van der Waals surface area contributed by atoms with Gasteiger partial charge in [-0.05, 0) is 42.5 Å². The van der Waals surface area contributed by atoms with Crippen LogP contribution >= 0.6 is 39.1 Å². The van der Waals surface area contributed by atoms with Crippen molar-refractivity contribution < 1.29 is 14.3 Å². The summed E-state index contributed by atoms with van der Waals surface area (Å²) in [5.74, 6) is -0.436. The number of carbonyl (C=O) groups is 2. The lowest BCUT2D eigenvalue weighted by Crippen LogP contribution is -2.24.